The smallest absolute Gasteiger partial charge is 0.244 e. The summed E-state index contributed by atoms with van der Waals surface area (Å²) >= 11 is 0. The van der Waals surface area contributed by atoms with E-state index in [1.807, 2.05) is 31.2 Å². The zero-order chi connectivity index (χ0) is 19.1. The van der Waals surface area contributed by atoms with Crippen LogP contribution in [0.2, 0.25) is 0 Å². The molecule has 1 aromatic carbocycles. The van der Waals surface area contributed by atoms with E-state index in [0.29, 0.717) is 25.2 Å². The first-order valence-electron chi connectivity index (χ1n) is 8.96. The summed E-state index contributed by atoms with van der Waals surface area (Å²) in [5, 5.41) is 2.83. The molecular formula is C21H22FN3O2. The maximum Gasteiger partial charge on any atom is 0.244 e. The highest BCUT2D eigenvalue weighted by Gasteiger charge is 2.04. The number of halogens is 1. The van der Waals surface area contributed by atoms with Gasteiger partial charge in [-0.15, -0.1) is 0 Å². The molecule has 27 heavy (non-hydrogen) atoms. The fourth-order valence-electron chi connectivity index (χ4n) is 2.64. The summed E-state index contributed by atoms with van der Waals surface area (Å²) < 4.78 is 20.5. The van der Waals surface area contributed by atoms with Crippen LogP contribution in [0, 0.1) is 5.82 Å². The molecule has 0 spiro atoms. The van der Waals surface area contributed by atoms with Crippen LogP contribution in [-0.4, -0.2) is 28.4 Å². The van der Waals surface area contributed by atoms with Crippen molar-refractivity contribution in [2.24, 2.45) is 0 Å². The van der Waals surface area contributed by atoms with Crippen LogP contribution in [0.5, 0.6) is 5.75 Å². The molecule has 6 heteroatoms. The lowest BCUT2D eigenvalue weighted by atomic mass is 10.2. The Bertz CT molecular complexity index is 950. The molecule has 140 valence electrons. The number of ether oxygens (including phenoxy) is 1. The largest absolute Gasteiger partial charge is 0.493 e. The van der Waals surface area contributed by atoms with Crippen LogP contribution in [-0.2, 0) is 11.2 Å². The zero-order valence-electron chi connectivity index (χ0n) is 15.2. The molecule has 0 unspecified atom stereocenters. The highest BCUT2D eigenvalue weighted by Crippen LogP contribution is 2.19. The van der Waals surface area contributed by atoms with Gasteiger partial charge in [0.25, 0.3) is 0 Å². The molecule has 0 radical (unpaired) electrons. The number of benzene rings is 1. The van der Waals surface area contributed by atoms with Crippen LogP contribution in [0.1, 0.15) is 24.6 Å². The third kappa shape index (κ3) is 5.17. The zero-order valence-corrected chi connectivity index (χ0v) is 15.2. The monoisotopic (exact) mass is 367 g/mol. The fourth-order valence-corrected chi connectivity index (χ4v) is 2.64. The summed E-state index contributed by atoms with van der Waals surface area (Å²) in [6, 6.07) is 10.6. The first-order valence-corrected chi connectivity index (χ1v) is 8.96. The molecule has 0 bridgehead atoms. The Morgan fingerprint density at radius 3 is 2.96 bits per heavy atom. The van der Waals surface area contributed by atoms with E-state index in [2.05, 4.69) is 10.3 Å². The first kappa shape index (κ1) is 18.6. The number of amides is 1. The second-order valence-corrected chi connectivity index (χ2v) is 6.11. The molecule has 0 saturated heterocycles. The molecule has 0 fully saturated rings. The lowest BCUT2D eigenvalue weighted by molar-refractivity contribution is -0.116. The van der Waals surface area contributed by atoms with Crippen molar-refractivity contribution < 1.29 is 13.9 Å². The molecule has 2 aromatic heterocycles. The summed E-state index contributed by atoms with van der Waals surface area (Å²) in [6.07, 6.45) is 7.88. The normalized spacial score (nSPS) is 11.2. The van der Waals surface area contributed by atoms with Crippen LogP contribution in [0.25, 0.3) is 11.7 Å². The number of nitrogens with one attached hydrogen (secondary N) is 1. The standard InChI is InChI=1S/C21H22FN3O2/c1-2-13-27-19-6-4-3-5-16(19)7-10-21(26)23-12-11-18-15-25-14-17(22)8-9-20(25)24-18/h3-10,14-15H,2,11-13H2,1H3,(H,23,26)/b10-7+. The van der Waals surface area contributed by atoms with Gasteiger partial charge in [-0.05, 0) is 30.7 Å². The highest BCUT2D eigenvalue weighted by atomic mass is 19.1. The Balaban J connectivity index is 1.52. The Labute approximate surface area is 157 Å². The van der Waals surface area contributed by atoms with E-state index < -0.39 is 0 Å². The molecule has 0 aliphatic carbocycles. The summed E-state index contributed by atoms with van der Waals surface area (Å²) in [6.45, 7) is 3.13. The number of carbonyl (C=O) groups excluding carboxylic acids is 1. The van der Waals surface area contributed by atoms with Gasteiger partial charge in [-0.3, -0.25) is 4.79 Å². The van der Waals surface area contributed by atoms with Gasteiger partial charge in [-0.1, -0.05) is 25.1 Å². The van der Waals surface area contributed by atoms with Gasteiger partial charge >= 0.3 is 0 Å². The van der Waals surface area contributed by atoms with E-state index in [9.17, 15) is 9.18 Å². The molecule has 0 aliphatic heterocycles. The summed E-state index contributed by atoms with van der Waals surface area (Å²) in [5.41, 5.74) is 2.34. The molecule has 0 saturated carbocycles. The Morgan fingerprint density at radius 1 is 1.26 bits per heavy atom. The molecular weight excluding hydrogens is 345 g/mol. The van der Waals surface area contributed by atoms with E-state index in [-0.39, 0.29) is 11.7 Å². The van der Waals surface area contributed by atoms with Crippen molar-refractivity contribution in [2.45, 2.75) is 19.8 Å². The number of fused-ring (bicyclic) bond motifs is 1. The second kappa shape index (κ2) is 8.98. The van der Waals surface area contributed by atoms with Gasteiger partial charge in [0.1, 0.15) is 17.2 Å². The van der Waals surface area contributed by atoms with Gasteiger partial charge in [-0.25, -0.2) is 9.37 Å². The molecule has 3 rings (SSSR count). The highest BCUT2D eigenvalue weighted by molar-refractivity contribution is 5.92. The molecule has 1 amide bonds. The van der Waals surface area contributed by atoms with Crippen LogP contribution in [0.4, 0.5) is 4.39 Å². The summed E-state index contributed by atoms with van der Waals surface area (Å²) in [7, 11) is 0. The van der Waals surface area contributed by atoms with Crippen molar-refractivity contribution in [3.63, 3.8) is 0 Å². The van der Waals surface area contributed by atoms with Crippen molar-refractivity contribution in [2.75, 3.05) is 13.2 Å². The number of rotatable bonds is 8. The predicted octanol–water partition coefficient (Wildman–Crippen LogP) is 3.63. The number of aromatic nitrogens is 2. The van der Waals surface area contributed by atoms with Gasteiger partial charge < -0.3 is 14.5 Å². The minimum Gasteiger partial charge on any atom is -0.493 e. The Hall–Kier alpha value is -3.15. The van der Waals surface area contributed by atoms with Gasteiger partial charge in [0.05, 0.1) is 12.3 Å². The van der Waals surface area contributed by atoms with Crippen molar-refractivity contribution in [1.29, 1.82) is 0 Å². The number of nitrogens with zero attached hydrogens (tertiary/aromatic N) is 2. The lowest BCUT2D eigenvalue weighted by Crippen LogP contribution is -2.23. The summed E-state index contributed by atoms with van der Waals surface area (Å²) in [5.74, 6) is 0.267. The number of hydrogen-bond donors (Lipinski definition) is 1. The van der Waals surface area contributed by atoms with E-state index >= 15 is 0 Å². The van der Waals surface area contributed by atoms with E-state index in [1.54, 1.807) is 22.7 Å². The average molecular weight is 367 g/mol. The molecule has 0 aliphatic rings. The molecule has 2 heterocycles. The Kier molecular flexibility index (Phi) is 6.20. The number of para-hydroxylation sites is 1. The second-order valence-electron chi connectivity index (χ2n) is 6.11. The van der Waals surface area contributed by atoms with Crippen LogP contribution in [0.15, 0.2) is 54.9 Å². The number of hydrogen-bond acceptors (Lipinski definition) is 3. The van der Waals surface area contributed by atoms with Crippen LogP contribution in [0.3, 0.4) is 0 Å². The minimum atomic E-state index is -0.312. The first-order chi connectivity index (χ1) is 13.2. The van der Waals surface area contributed by atoms with Crippen LogP contribution >= 0.6 is 0 Å². The van der Waals surface area contributed by atoms with E-state index in [0.717, 1.165) is 23.4 Å². The lowest BCUT2D eigenvalue weighted by Gasteiger charge is -2.07. The third-order valence-electron chi connectivity index (χ3n) is 3.94. The molecule has 3 aromatic rings. The maximum absolute atomic E-state index is 13.2. The molecule has 0 atom stereocenters. The van der Waals surface area contributed by atoms with Crippen molar-refractivity contribution in [3.8, 4) is 5.75 Å². The number of imidazole rings is 1. The maximum atomic E-state index is 13.2. The SMILES string of the molecule is CCCOc1ccccc1/C=C/C(=O)NCCc1cn2cc(F)ccc2n1. The number of pyridine rings is 1. The third-order valence-corrected chi connectivity index (χ3v) is 3.94. The van der Waals surface area contributed by atoms with Gasteiger partial charge in [0.15, 0.2) is 0 Å². The predicted molar refractivity (Wildman–Crippen MR) is 103 cm³/mol. The minimum absolute atomic E-state index is 0.185. The molecule has 1 N–H and O–H groups in total. The van der Waals surface area contributed by atoms with Crippen LogP contribution < -0.4 is 10.1 Å². The molecule has 5 nitrogen and oxygen atoms in total. The van der Waals surface area contributed by atoms with Crippen molar-refractivity contribution >= 4 is 17.6 Å². The van der Waals surface area contributed by atoms with Gasteiger partial charge in [0.2, 0.25) is 5.91 Å². The average Bonchev–Trinajstić information content (AvgIpc) is 3.07. The topological polar surface area (TPSA) is 55.6 Å². The van der Waals surface area contributed by atoms with Gasteiger partial charge in [0, 0.05) is 37.0 Å². The van der Waals surface area contributed by atoms with Crippen molar-refractivity contribution in [1.82, 2.24) is 14.7 Å². The van der Waals surface area contributed by atoms with Crippen molar-refractivity contribution in [3.05, 3.63) is 71.9 Å². The quantitative estimate of drug-likeness (QED) is 0.619. The Morgan fingerprint density at radius 2 is 2.11 bits per heavy atom. The van der Waals surface area contributed by atoms with E-state index in [1.165, 1.54) is 18.3 Å². The van der Waals surface area contributed by atoms with Gasteiger partial charge in [-0.2, -0.15) is 0 Å². The fraction of sp³-hybridized carbons (Fsp3) is 0.238. The number of carbonyl (C=O) groups is 1. The summed E-state index contributed by atoms with van der Waals surface area (Å²) in [4.78, 5) is 16.4. The van der Waals surface area contributed by atoms with E-state index in [4.69, 9.17) is 4.74 Å².